The molecule has 0 aromatic heterocycles. The van der Waals surface area contributed by atoms with Gasteiger partial charge in [0.05, 0.1) is 17.7 Å². The zero-order chi connectivity index (χ0) is 14.5. The molecule has 0 aliphatic heterocycles. The van der Waals surface area contributed by atoms with Gasteiger partial charge >= 0.3 is 0 Å². The van der Waals surface area contributed by atoms with Crippen LogP contribution in [-0.2, 0) is 6.54 Å². The molecule has 0 saturated heterocycles. The highest BCUT2D eigenvalue weighted by atomic mass is 35.5. The molecule has 0 atom stereocenters. The van der Waals surface area contributed by atoms with Gasteiger partial charge in [-0.25, -0.2) is 4.39 Å². The first kappa shape index (κ1) is 14.2. The van der Waals surface area contributed by atoms with E-state index >= 15 is 0 Å². The van der Waals surface area contributed by atoms with E-state index in [9.17, 15) is 4.39 Å². The topological polar surface area (TPSA) is 45.0 Å². The number of ether oxygens (including phenoxy) is 1. The summed E-state index contributed by atoms with van der Waals surface area (Å²) in [6.45, 7) is 0.438. The van der Waals surface area contributed by atoms with Crippen molar-refractivity contribution in [1.82, 2.24) is 0 Å². The molecule has 20 heavy (non-hydrogen) atoms. The van der Waals surface area contributed by atoms with E-state index < -0.39 is 5.82 Å². The molecule has 3 nitrogen and oxygen atoms in total. The zero-order valence-corrected chi connectivity index (χ0v) is 11.5. The highest BCUT2D eigenvalue weighted by Gasteiger charge is 2.04. The van der Waals surface area contributed by atoms with E-state index in [0.29, 0.717) is 17.1 Å². The van der Waals surface area contributed by atoms with Gasteiger partial charge in [-0.15, -0.1) is 0 Å². The molecule has 0 radical (unpaired) electrons. The van der Waals surface area contributed by atoms with E-state index in [1.807, 2.05) is 6.07 Å². The molecule has 2 aromatic carbocycles. The quantitative estimate of drug-likeness (QED) is 0.926. The molecule has 2 aromatic rings. The first-order chi connectivity index (χ1) is 9.63. The number of hydrogen-bond acceptors (Lipinski definition) is 3. The van der Waals surface area contributed by atoms with E-state index in [-0.39, 0.29) is 5.75 Å². The second-order valence-electron chi connectivity index (χ2n) is 4.13. The van der Waals surface area contributed by atoms with Crippen LogP contribution in [0.2, 0.25) is 5.02 Å². The van der Waals surface area contributed by atoms with Crippen LogP contribution in [0.3, 0.4) is 0 Å². The predicted molar refractivity (Wildman–Crippen MR) is 76.4 cm³/mol. The average molecular weight is 291 g/mol. The molecule has 102 valence electrons. The molecule has 2 rings (SSSR count). The summed E-state index contributed by atoms with van der Waals surface area (Å²) in [4.78, 5) is 0. The van der Waals surface area contributed by atoms with Gasteiger partial charge in [0.2, 0.25) is 0 Å². The minimum Gasteiger partial charge on any atom is -0.494 e. The lowest BCUT2D eigenvalue weighted by molar-refractivity contribution is 0.386. The minimum absolute atomic E-state index is 0.215. The first-order valence-corrected chi connectivity index (χ1v) is 6.28. The van der Waals surface area contributed by atoms with Gasteiger partial charge in [0.25, 0.3) is 0 Å². The fourth-order valence-electron chi connectivity index (χ4n) is 1.74. The van der Waals surface area contributed by atoms with Gasteiger partial charge in [0.1, 0.15) is 6.07 Å². The first-order valence-electron chi connectivity index (χ1n) is 5.90. The van der Waals surface area contributed by atoms with E-state index in [4.69, 9.17) is 21.6 Å². The van der Waals surface area contributed by atoms with Gasteiger partial charge in [0.15, 0.2) is 11.6 Å². The summed E-state index contributed by atoms with van der Waals surface area (Å²) in [6, 6.07) is 11.8. The van der Waals surface area contributed by atoms with E-state index in [1.54, 1.807) is 30.3 Å². The van der Waals surface area contributed by atoms with Crippen LogP contribution in [0.15, 0.2) is 36.4 Å². The van der Waals surface area contributed by atoms with Crippen molar-refractivity contribution < 1.29 is 9.13 Å². The van der Waals surface area contributed by atoms with E-state index in [0.717, 1.165) is 11.3 Å². The van der Waals surface area contributed by atoms with Gasteiger partial charge in [-0.1, -0.05) is 17.7 Å². The van der Waals surface area contributed by atoms with Gasteiger partial charge in [-0.3, -0.25) is 0 Å². The second-order valence-corrected chi connectivity index (χ2v) is 4.54. The molecule has 0 bridgehead atoms. The molecule has 1 N–H and O–H groups in total. The largest absolute Gasteiger partial charge is 0.494 e. The lowest BCUT2D eigenvalue weighted by Gasteiger charge is -2.09. The molecule has 0 aliphatic carbocycles. The van der Waals surface area contributed by atoms with Crippen LogP contribution in [0.5, 0.6) is 5.75 Å². The number of benzene rings is 2. The van der Waals surface area contributed by atoms with Crippen LogP contribution < -0.4 is 10.1 Å². The second kappa shape index (κ2) is 6.27. The third-order valence-corrected chi connectivity index (χ3v) is 3.13. The number of nitrogens with one attached hydrogen (secondary N) is 1. The van der Waals surface area contributed by atoms with Crippen molar-refractivity contribution >= 4 is 17.3 Å². The smallest absolute Gasteiger partial charge is 0.165 e. The third-order valence-electron chi connectivity index (χ3n) is 2.80. The summed E-state index contributed by atoms with van der Waals surface area (Å²) in [5.74, 6) is -0.187. The Morgan fingerprint density at radius 2 is 2.10 bits per heavy atom. The van der Waals surface area contributed by atoms with Crippen molar-refractivity contribution in [3.63, 3.8) is 0 Å². The number of nitriles is 1. The molecule has 0 heterocycles. The Morgan fingerprint density at radius 3 is 2.75 bits per heavy atom. The number of halogens is 2. The Kier molecular flexibility index (Phi) is 4.44. The number of rotatable bonds is 4. The third kappa shape index (κ3) is 3.19. The van der Waals surface area contributed by atoms with Crippen LogP contribution in [0.4, 0.5) is 10.1 Å². The van der Waals surface area contributed by atoms with Crippen LogP contribution in [0.25, 0.3) is 0 Å². The molecule has 0 fully saturated rings. The molecule has 0 amide bonds. The summed E-state index contributed by atoms with van der Waals surface area (Å²) < 4.78 is 18.4. The highest BCUT2D eigenvalue weighted by molar-refractivity contribution is 6.31. The number of methoxy groups -OCH3 is 1. The fourth-order valence-corrected chi connectivity index (χ4v) is 1.90. The van der Waals surface area contributed by atoms with Crippen LogP contribution in [-0.4, -0.2) is 7.11 Å². The Labute approximate surface area is 121 Å². The van der Waals surface area contributed by atoms with Crippen molar-refractivity contribution in [2.45, 2.75) is 6.54 Å². The fraction of sp³-hybridized carbons (Fsp3) is 0.133. The zero-order valence-electron chi connectivity index (χ0n) is 10.8. The van der Waals surface area contributed by atoms with E-state index in [1.165, 1.54) is 13.2 Å². The normalized spacial score (nSPS) is 9.90. The Balaban J connectivity index is 2.09. The molecule has 5 heteroatoms. The predicted octanol–water partition coefficient (Wildman–Crippen LogP) is 3.97. The highest BCUT2D eigenvalue weighted by Crippen LogP contribution is 2.21. The minimum atomic E-state index is -0.402. The van der Waals surface area contributed by atoms with Crippen molar-refractivity contribution in [2.75, 3.05) is 12.4 Å². The maximum atomic E-state index is 13.5. The lowest BCUT2D eigenvalue weighted by atomic mass is 10.2. The summed E-state index contributed by atoms with van der Waals surface area (Å²) in [5.41, 5.74) is 1.93. The molecule has 0 spiro atoms. The van der Waals surface area contributed by atoms with Crippen molar-refractivity contribution in [3.8, 4) is 11.8 Å². The Morgan fingerprint density at radius 1 is 1.30 bits per heavy atom. The summed E-state index contributed by atoms with van der Waals surface area (Å²) in [6.07, 6.45) is 0. The number of anilines is 1. The summed E-state index contributed by atoms with van der Waals surface area (Å²) in [7, 11) is 1.42. The SMILES string of the molecule is COc1ccc(CNc2ccc(Cl)c(C#N)c2)cc1F. The maximum Gasteiger partial charge on any atom is 0.165 e. The maximum absolute atomic E-state index is 13.5. The monoisotopic (exact) mass is 290 g/mol. The average Bonchev–Trinajstić information content (AvgIpc) is 2.46. The summed E-state index contributed by atoms with van der Waals surface area (Å²) >= 11 is 5.85. The standard InChI is InChI=1S/C15H12ClFN2O/c1-20-15-5-2-10(6-14(15)17)9-19-12-3-4-13(16)11(7-12)8-18/h2-7,19H,9H2,1H3. The summed E-state index contributed by atoms with van der Waals surface area (Å²) in [5, 5.41) is 12.4. The molecular formula is C15H12ClFN2O. The molecular weight excluding hydrogens is 279 g/mol. The van der Waals surface area contributed by atoms with Gasteiger partial charge in [-0.2, -0.15) is 5.26 Å². The van der Waals surface area contributed by atoms with Crippen LogP contribution >= 0.6 is 11.6 Å². The van der Waals surface area contributed by atoms with Crippen LogP contribution in [0.1, 0.15) is 11.1 Å². The van der Waals surface area contributed by atoms with Gasteiger partial charge in [0, 0.05) is 12.2 Å². The Hall–Kier alpha value is -2.25. The number of hydrogen-bond donors (Lipinski definition) is 1. The number of nitrogens with zero attached hydrogens (tertiary/aromatic N) is 1. The van der Waals surface area contributed by atoms with Crippen molar-refractivity contribution in [1.29, 1.82) is 5.26 Å². The van der Waals surface area contributed by atoms with Crippen molar-refractivity contribution in [3.05, 3.63) is 58.4 Å². The molecule has 0 unspecified atom stereocenters. The van der Waals surface area contributed by atoms with Gasteiger partial charge < -0.3 is 10.1 Å². The molecule has 0 saturated carbocycles. The van der Waals surface area contributed by atoms with Crippen LogP contribution in [0, 0.1) is 17.1 Å². The van der Waals surface area contributed by atoms with Gasteiger partial charge in [-0.05, 0) is 35.9 Å². The van der Waals surface area contributed by atoms with Crippen molar-refractivity contribution in [2.24, 2.45) is 0 Å². The molecule has 0 aliphatic rings. The Bertz CT molecular complexity index is 667. The van der Waals surface area contributed by atoms with E-state index in [2.05, 4.69) is 5.32 Å². The lowest BCUT2D eigenvalue weighted by Crippen LogP contribution is -2.00.